The number of fused-ring (bicyclic) bond motifs is 1. The van der Waals surface area contributed by atoms with Crippen LogP contribution in [0.4, 0.5) is 0 Å². The van der Waals surface area contributed by atoms with Crippen molar-refractivity contribution in [1.82, 2.24) is 4.98 Å². The number of phenols is 1. The first-order valence-corrected chi connectivity index (χ1v) is 4.31. The highest BCUT2D eigenvalue weighted by molar-refractivity contribution is 6.36. The Labute approximate surface area is 80.8 Å². The van der Waals surface area contributed by atoms with Gasteiger partial charge in [0.15, 0.2) is 0 Å². The first-order chi connectivity index (χ1) is 6.20. The Kier molecular flexibility index (Phi) is 1.85. The lowest BCUT2D eigenvalue weighted by molar-refractivity contribution is 0.480. The molecule has 0 amide bonds. The lowest BCUT2D eigenvalue weighted by Gasteiger charge is -2.04. The number of phenolic OH excluding ortho intramolecular Hbond substituents is 1. The Bertz CT molecular complexity index is 468. The van der Waals surface area contributed by atoms with E-state index in [0.717, 1.165) is 10.9 Å². The van der Waals surface area contributed by atoms with Crippen molar-refractivity contribution in [2.24, 2.45) is 0 Å². The van der Waals surface area contributed by atoms with Crippen LogP contribution in [0, 0.1) is 6.92 Å². The summed E-state index contributed by atoms with van der Waals surface area (Å²) >= 11 is 6.05. The minimum atomic E-state index is 0.178. The van der Waals surface area contributed by atoms with Gasteiger partial charge in [-0.3, -0.25) is 4.98 Å². The number of rotatable bonds is 0. The number of nitrogens with zero attached hydrogens (tertiary/aromatic N) is 1. The van der Waals surface area contributed by atoms with E-state index in [2.05, 4.69) is 4.98 Å². The third kappa shape index (κ3) is 1.23. The number of hydrogen-bond acceptors (Lipinski definition) is 2. The van der Waals surface area contributed by atoms with Crippen LogP contribution in [0.15, 0.2) is 24.4 Å². The van der Waals surface area contributed by atoms with Crippen LogP contribution in [-0.2, 0) is 0 Å². The molecular formula is C10H8ClNO. The zero-order chi connectivity index (χ0) is 9.42. The van der Waals surface area contributed by atoms with E-state index in [1.54, 1.807) is 18.3 Å². The van der Waals surface area contributed by atoms with Gasteiger partial charge in [0.2, 0.25) is 0 Å². The van der Waals surface area contributed by atoms with E-state index in [1.807, 2.05) is 13.0 Å². The minimum Gasteiger partial charge on any atom is -0.506 e. The maximum Gasteiger partial charge on any atom is 0.142 e. The molecule has 0 aliphatic carbocycles. The number of aromatic hydroxyl groups is 1. The number of benzene rings is 1. The summed E-state index contributed by atoms with van der Waals surface area (Å²) in [5.41, 5.74) is 1.41. The summed E-state index contributed by atoms with van der Waals surface area (Å²) in [6.45, 7) is 1.86. The molecule has 0 radical (unpaired) electrons. The average Bonchev–Trinajstić information content (AvgIpc) is 2.15. The zero-order valence-corrected chi connectivity index (χ0v) is 7.84. The van der Waals surface area contributed by atoms with Gasteiger partial charge in [-0.25, -0.2) is 0 Å². The van der Waals surface area contributed by atoms with Gasteiger partial charge in [0, 0.05) is 11.6 Å². The number of aryl methyl sites for hydroxylation is 1. The van der Waals surface area contributed by atoms with Crippen molar-refractivity contribution in [3.05, 3.63) is 35.0 Å². The van der Waals surface area contributed by atoms with Crippen LogP contribution in [0.3, 0.4) is 0 Å². The summed E-state index contributed by atoms with van der Waals surface area (Å²) in [6.07, 6.45) is 1.63. The van der Waals surface area contributed by atoms with Gasteiger partial charge in [0.05, 0.1) is 5.02 Å². The average molecular weight is 194 g/mol. The van der Waals surface area contributed by atoms with Gasteiger partial charge >= 0.3 is 0 Å². The van der Waals surface area contributed by atoms with Crippen molar-refractivity contribution in [2.45, 2.75) is 6.92 Å². The van der Waals surface area contributed by atoms with Crippen LogP contribution in [0.1, 0.15) is 5.56 Å². The monoisotopic (exact) mass is 193 g/mol. The summed E-state index contributed by atoms with van der Waals surface area (Å²) in [5.74, 6) is 0.178. The summed E-state index contributed by atoms with van der Waals surface area (Å²) in [7, 11) is 0. The Morgan fingerprint density at radius 2 is 2.23 bits per heavy atom. The second-order valence-corrected chi connectivity index (χ2v) is 3.30. The summed E-state index contributed by atoms with van der Waals surface area (Å²) in [6, 6.07) is 5.27. The fraction of sp³-hybridized carbons (Fsp3) is 0.100. The molecule has 2 rings (SSSR count). The van der Waals surface area contributed by atoms with E-state index in [1.165, 1.54) is 0 Å². The van der Waals surface area contributed by atoms with E-state index in [9.17, 15) is 5.11 Å². The van der Waals surface area contributed by atoms with Gasteiger partial charge in [-0.05, 0) is 30.7 Å². The molecule has 13 heavy (non-hydrogen) atoms. The topological polar surface area (TPSA) is 33.1 Å². The normalized spacial score (nSPS) is 10.6. The molecule has 2 aromatic rings. The second-order valence-electron chi connectivity index (χ2n) is 2.93. The van der Waals surface area contributed by atoms with Gasteiger partial charge in [0.25, 0.3) is 0 Å². The summed E-state index contributed by atoms with van der Waals surface area (Å²) in [4.78, 5) is 4.05. The first-order valence-electron chi connectivity index (χ1n) is 3.93. The predicted molar refractivity (Wildman–Crippen MR) is 53.2 cm³/mol. The van der Waals surface area contributed by atoms with Crippen LogP contribution in [0.5, 0.6) is 5.75 Å². The van der Waals surface area contributed by atoms with Crippen LogP contribution < -0.4 is 0 Å². The highest BCUT2D eigenvalue weighted by Gasteiger charge is 2.06. The van der Waals surface area contributed by atoms with Gasteiger partial charge in [-0.15, -0.1) is 0 Å². The molecule has 0 spiro atoms. The van der Waals surface area contributed by atoms with Gasteiger partial charge < -0.3 is 5.11 Å². The lowest BCUT2D eigenvalue weighted by Crippen LogP contribution is -1.83. The highest BCUT2D eigenvalue weighted by Crippen LogP contribution is 2.31. The number of aromatic nitrogens is 1. The zero-order valence-electron chi connectivity index (χ0n) is 7.08. The molecule has 0 unspecified atom stereocenters. The molecule has 1 heterocycles. The fourth-order valence-electron chi connectivity index (χ4n) is 1.34. The molecule has 2 nitrogen and oxygen atoms in total. The van der Waals surface area contributed by atoms with E-state index in [4.69, 9.17) is 11.6 Å². The third-order valence-electron chi connectivity index (χ3n) is 1.99. The third-order valence-corrected chi connectivity index (χ3v) is 2.49. The largest absolute Gasteiger partial charge is 0.506 e. The standard InChI is InChI=1S/C10H8ClNO/c1-6-5-8(13)10-7(9(6)11)3-2-4-12-10/h2-5,13H,1H3. The molecule has 0 saturated heterocycles. The molecule has 0 aliphatic rings. The molecular weight excluding hydrogens is 186 g/mol. The van der Waals surface area contributed by atoms with Crippen molar-refractivity contribution < 1.29 is 5.11 Å². The van der Waals surface area contributed by atoms with E-state index >= 15 is 0 Å². The highest BCUT2D eigenvalue weighted by atomic mass is 35.5. The summed E-state index contributed by atoms with van der Waals surface area (Å²) in [5, 5.41) is 11.0. The van der Waals surface area contributed by atoms with Crippen LogP contribution >= 0.6 is 11.6 Å². The Morgan fingerprint density at radius 3 is 3.00 bits per heavy atom. The molecule has 1 N–H and O–H groups in total. The Hall–Kier alpha value is -1.28. The lowest BCUT2D eigenvalue weighted by atomic mass is 10.1. The first kappa shape index (κ1) is 8.32. The minimum absolute atomic E-state index is 0.178. The van der Waals surface area contributed by atoms with Crippen molar-refractivity contribution in [3.63, 3.8) is 0 Å². The fourth-order valence-corrected chi connectivity index (χ4v) is 1.54. The smallest absolute Gasteiger partial charge is 0.142 e. The Morgan fingerprint density at radius 1 is 1.46 bits per heavy atom. The molecule has 1 aromatic heterocycles. The number of hydrogen-bond donors (Lipinski definition) is 1. The van der Waals surface area contributed by atoms with Gasteiger partial charge in [-0.2, -0.15) is 0 Å². The second kappa shape index (κ2) is 2.89. The van der Waals surface area contributed by atoms with Crippen molar-refractivity contribution in [2.75, 3.05) is 0 Å². The maximum absolute atomic E-state index is 9.56. The van der Waals surface area contributed by atoms with Crippen molar-refractivity contribution in [1.29, 1.82) is 0 Å². The molecule has 1 aromatic carbocycles. The Balaban J connectivity index is 2.97. The quantitative estimate of drug-likeness (QED) is 0.698. The SMILES string of the molecule is Cc1cc(O)c2ncccc2c1Cl. The van der Waals surface area contributed by atoms with E-state index < -0.39 is 0 Å². The molecule has 0 bridgehead atoms. The number of halogens is 1. The molecule has 0 atom stereocenters. The van der Waals surface area contributed by atoms with Crippen LogP contribution in [0.2, 0.25) is 5.02 Å². The molecule has 66 valence electrons. The van der Waals surface area contributed by atoms with Crippen molar-refractivity contribution >= 4 is 22.5 Å². The van der Waals surface area contributed by atoms with Gasteiger partial charge in [0.1, 0.15) is 11.3 Å². The molecule has 0 saturated carbocycles. The summed E-state index contributed by atoms with van der Waals surface area (Å²) < 4.78 is 0. The molecule has 0 fully saturated rings. The maximum atomic E-state index is 9.56. The van der Waals surface area contributed by atoms with E-state index in [0.29, 0.717) is 10.5 Å². The molecule has 0 aliphatic heterocycles. The number of pyridine rings is 1. The van der Waals surface area contributed by atoms with E-state index in [-0.39, 0.29) is 5.75 Å². The van der Waals surface area contributed by atoms with Gasteiger partial charge in [-0.1, -0.05) is 11.6 Å². The van der Waals surface area contributed by atoms with Crippen LogP contribution in [0.25, 0.3) is 10.9 Å². The van der Waals surface area contributed by atoms with Crippen LogP contribution in [-0.4, -0.2) is 10.1 Å². The van der Waals surface area contributed by atoms with Crippen molar-refractivity contribution in [3.8, 4) is 5.75 Å². The predicted octanol–water partition coefficient (Wildman–Crippen LogP) is 2.90. The molecule has 3 heteroatoms.